The van der Waals surface area contributed by atoms with Crippen LogP contribution in [0.4, 0.5) is 19.1 Å². The number of halogens is 4. The van der Waals surface area contributed by atoms with E-state index in [2.05, 4.69) is 9.97 Å². The SMILES string of the molecule is CN(C)CCN(Cc1cccc(C(F)(F)F)c1)C(=O)c1nc(N2CCCC2)ncc1Cl. The zero-order chi connectivity index (χ0) is 22.6. The molecule has 0 aliphatic carbocycles. The number of nitrogens with zero attached hydrogens (tertiary/aromatic N) is 5. The highest BCUT2D eigenvalue weighted by atomic mass is 35.5. The second-order valence-corrected chi connectivity index (χ2v) is 8.20. The minimum absolute atomic E-state index is 0.00989. The normalized spacial score (nSPS) is 14.4. The van der Waals surface area contributed by atoms with Crippen LogP contribution in [-0.2, 0) is 12.7 Å². The summed E-state index contributed by atoms with van der Waals surface area (Å²) in [4.78, 5) is 27.3. The number of amides is 1. The van der Waals surface area contributed by atoms with E-state index < -0.39 is 17.6 Å². The van der Waals surface area contributed by atoms with Crippen LogP contribution >= 0.6 is 11.6 Å². The molecule has 0 spiro atoms. The number of benzene rings is 1. The van der Waals surface area contributed by atoms with Gasteiger partial charge in [-0.05, 0) is 44.6 Å². The van der Waals surface area contributed by atoms with E-state index in [1.807, 2.05) is 23.9 Å². The second kappa shape index (κ2) is 9.82. The van der Waals surface area contributed by atoms with Gasteiger partial charge in [-0.2, -0.15) is 13.2 Å². The fraction of sp³-hybridized carbons (Fsp3) is 0.476. The number of hydrogen-bond donors (Lipinski definition) is 0. The Labute approximate surface area is 184 Å². The monoisotopic (exact) mass is 455 g/mol. The van der Waals surface area contributed by atoms with Gasteiger partial charge in [-0.25, -0.2) is 9.97 Å². The van der Waals surface area contributed by atoms with E-state index in [9.17, 15) is 18.0 Å². The molecular weight excluding hydrogens is 431 g/mol. The van der Waals surface area contributed by atoms with Gasteiger partial charge in [0.05, 0.1) is 16.8 Å². The highest BCUT2D eigenvalue weighted by Gasteiger charge is 2.31. The number of rotatable bonds is 7. The Bertz CT molecular complexity index is 916. The zero-order valence-corrected chi connectivity index (χ0v) is 18.2. The third-order valence-corrected chi connectivity index (χ3v) is 5.33. The fourth-order valence-corrected chi connectivity index (χ4v) is 3.54. The lowest BCUT2D eigenvalue weighted by Crippen LogP contribution is -2.37. The van der Waals surface area contributed by atoms with Crippen LogP contribution in [-0.4, -0.2) is 65.9 Å². The maximum Gasteiger partial charge on any atom is 0.416 e. The molecular formula is C21H25ClF3N5O. The summed E-state index contributed by atoms with van der Waals surface area (Å²) in [6.07, 6.45) is -0.988. The van der Waals surface area contributed by atoms with Crippen LogP contribution in [0, 0.1) is 0 Å². The first kappa shape index (κ1) is 23.3. The van der Waals surface area contributed by atoms with Crippen LogP contribution in [0.2, 0.25) is 5.02 Å². The summed E-state index contributed by atoms with van der Waals surface area (Å²) in [7, 11) is 3.71. The molecule has 6 nitrogen and oxygen atoms in total. The maximum absolute atomic E-state index is 13.3. The Balaban J connectivity index is 1.88. The van der Waals surface area contributed by atoms with Crippen molar-refractivity contribution in [2.75, 3.05) is 45.2 Å². The third-order valence-electron chi connectivity index (χ3n) is 5.05. The molecule has 1 aliphatic rings. The van der Waals surface area contributed by atoms with E-state index >= 15 is 0 Å². The van der Waals surface area contributed by atoms with E-state index in [0.717, 1.165) is 38.1 Å². The van der Waals surface area contributed by atoms with Crippen molar-refractivity contribution in [2.24, 2.45) is 0 Å². The molecule has 1 amide bonds. The Hall–Kier alpha value is -2.39. The molecule has 0 atom stereocenters. The lowest BCUT2D eigenvalue weighted by Gasteiger charge is -2.25. The van der Waals surface area contributed by atoms with Crippen LogP contribution in [0.1, 0.15) is 34.5 Å². The van der Waals surface area contributed by atoms with E-state index in [4.69, 9.17) is 11.6 Å². The van der Waals surface area contributed by atoms with Crippen LogP contribution in [0.3, 0.4) is 0 Å². The van der Waals surface area contributed by atoms with Gasteiger partial charge in [0.1, 0.15) is 0 Å². The van der Waals surface area contributed by atoms with Crippen molar-refractivity contribution in [1.82, 2.24) is 19.8 Å². The summed E-state index contributed by atoms with van der Waals surface area (Å²) in [6, 6.07) is 4.99. The van der Waals surface area contributed by atoms with Gasteiger partial charge in [-0.15, -0.1) is 0 Å². The Morgan fingerprint density at radius 3 is 2.55 bits per heavy atom. The van der Waals surface area contributed by atoms with Crippen molar-refractivity contribution in [1.29, 1.82) is 0 Å². The standard InChI is InChI=1S/C21H25ClF3N5O/c1-28(2)10-11-30(14-15-6-5-7-16(12-15)21(23,24)25)19(31)18-17(22)13-26-20(27-18)29-8-3-4-9-29/h5-7,12-13H,3-4,8-11,14H2,1-2H3. The molecule has 2 aromatic rings. The highest BCUT2D eigenvalue weighted by Crippen LogP contribution is 2.30. The second-order valence-electron chi connectivity index (χ2n) is 7.79. The van der Waals surface area contributed by atoms with Gasteiger partial charge >= 0.3 is 6.18 Å². The van der Waals surface area contributed by atoms with Gasteiger partial charge in [-0.1, -0.05) is 23.7 Å². The van der Waals surface area contributed by atoms with Gasteiger partial charge in [0.15, 0.2) is 5.69 Å². The Morgan fingerprint density at radius 1 is 1.19 bits per heavy atom. The maximum atomic E-state index is 13.3. The molecule has 0 saturated carbocycles. The molecule has 1 fully saturated rings. The quantitative estimate of drug-likeness (QED) is 0.632. The van der Waals surface area contributed by atoms with E-state index in [1.54, 1.807) is 6.07 Å². The molecule has 168 valence electrons. The summed E-state index contributed by atoms with van der Waals surface area (Å²) in [5.41, 5.74) is -0.308. The molecule has 0 bridgehead atoms. The summed E-state index contributed by atoms with van der Waals surface area (Å²) in [5.74, 6) is 0.00369. The topological polar surface area (TPSA) is 52.6 Å². The first-order chi connectivity index (χ1) is 14.6. The van der Waals surface area contributed by atoms with Crippen LogP contribution in [0.5, 0.6) is 0 Å². The molecule has 3 rings (SSSR count). The average molecular weight is 456 g/mol. The average Bonchev–Trinajstić information content (AvgIpc) is 3.25. The molecule has 1 aromatic heterocycles. The first-order valence-electron chi connectivity index (χ1n) is 10.0. The first-order valence-corrected chi connectivity index (χ1v) is 10.4. The summed E-state index contributed by atoms with van der Waals surface area (Å²) < 4.78 is 39.3. The number of aromatic nitrogens is 2. The largest absolute Gasteiger partial charge is 0.416 e. The summed E-state index contributed by atoms with van der Waals surface area (Å²) >= 11 is 6.24. The van der Waals surface area contributed by atoms with Crippen molar-refractivity contribution in [3.63, 3.8) is 0 Å². The van der Waals surface area contributed by atoms with Gasteiger partial charge in [0.25, 0.3) is 5.91 Å². The van der Waals surface area contributed by atoms with E-state index in [1.165, 1.54) is 17.2 Å². The number of carbonyl (C=O) groups excluding carboxylic acids is 1. The minimum atomic E-state index is -4.45. The van der Waals surface area contributed by atoms with Crippen LogP contribution in [0.25, 0.3) is 0 Å². The Kier molecular flexibility index (Phi) is 7.38. The minimum Gasteiger partial charge on any atom is -0.341 e. The van der Waals surface area contributed by atoms with Crippen molar-refractivity contribution >= 4 is 23.5 Å². The number of alkyl halides is 3. The third kappa shape index (κ3) is 6.07. The molecule has 31 heavy (non-hydrogen) atoms. The molecule has 0 radical (unpaired) electrons. The lowest BCUT2D eigenvalue weighted by atomic mass is 10.1. The lowest BCUT2D eigenvalue weighted by molar-refractivity contribution is -0.137. The van der Waals surface area contributed by atoms with Gasteiger partial charge in [0.2, 0.25) is 5.95 Å². The molecule has 1 aromatic carbocycles. The highest BCUT2D eigenvalue weighted by molar-refractivity contribution is 6.33. The van der Waals surface area contributed by atoms with Gasteiger partial charge in [-0.3, -0.25) is 4.79 Å². The molecule has 0 unspecified atom stereocenters. The molecule has 1 aliphatic heterocycles. The van der Waals surface area contributed by atoms with Crippen LogP contribution in [0.15, 0.2) is 30.5 Å². The van der Waals surface area contributed by atoms with Crippen molar-refractivity contribution in [2.45, 2.75) is 25.6 Å². The van der Waals surface area contributed by atoms with Crippen molar-refractivity contribution < 1.29 is 18.0 Å². The van der Waals surface area contributed by atoms with Crippen LogP contribution < -0.4 is 4.90 Å². The van der Waals surface area contributed by atoms with E-state index in [-0.39, 0.29) is 17.3 Å². The molecule has 10 heteroatoms. The molecule has 2 heterocycles. The molecule has 0 N–H and O–H groups in total. The predicted octanol–water partition coefficient (Wildman–Crippen LogP) is 3.95. The number of hydrogen-bond acceptors (Lipinski definition) is 5. The van der Waals surface area contributed by atoms with Gasteiger partial charge in [0, 0.05) is 32.7 Å². The number of anilines is 1. The fourth-order valence-electron chi connectivity index (χ4n) is 3.37. The zero-order valence-electron chi connectivity index (χ0n) is 17.5. The molecule has 1 saturated heterocycles. The van der Waals surface area contributed by atoms with Crippen molar-refractivity contribution in [3.8, 4) is 0 Å². The summed E-state index contributed by atoms with van der Waals surface area (Å²) in [6.45, 7) is 2.47. The smallest absolute Gasteiger partial charge is 0.341 e. The van der Waals surface area contributed by atoms with E-state index in [0.29, 0.717) is 24.6 Å². The van der Waals surface area contributed by atoms with Gasteiger partial charge < -0.3 is 14.7 Å². The number of carbonyl (C=O) groups is 1. The summed E-state index contributed by atoms with van der Waals surface area (Å²) in [5, 5.41) is 0.117. The number of likely N-dealkylation sites (N-methyl/N-ethyl adjacent to an activating group) is 1. The van der Waals surface area contributed by atoms with Crippen molar-refractivity contribution in [3.05, 3.63) is 52.3 Å². The Morgan fingerprint density at radius 2 is 1.90 bits per heavy atom. The predicted molar refractivity (Wildman–Crippen MR) is 113 cm³/mol.